The highest BCUT2D eigenvalue weighted by Crippen LogP contribution is 2.34. The summed E-state index contributed by atoms with van der Waals surface area (Å²) in [7, 11) is 0. The molecule has 4 aromatic carbocycles. The molecule has 0 radical (unpaired) electrons. The summed E-state index contributed by atoms with van der Waals surface area (Å²) >= 11 is 0. The average Bonchev–Trinajstić information content (AvgIpc) is 4.00. The highest BCUT2D eigenvalue weighted by molar-refractivity contribution is 6.00. The topological polar surface area (TPSA) is 115 Å². The molecule has 59 heavy (non-hydrogen) atoms. The minimum atomic E-state index is -4.62. The van der Waals surface area contributed by atoms with E-state index in [-0.39, 0.29) is 11.5 Å². The Morgan fingerprint density at radius 1 is 0.525 bits per heavy atom. The van der Waals surface area contributed by atoms with Crippen LogP contribution in [0.5, 0.6) is 0 Å². The number of nitrogens with zero attached hydrogens (tertiary/aromatic N) is 8. The number of amidine groups is 1. The van der Waals surface area contributed by atoms with Crippen molar-refractivity contribution in [1.29, 1.82) is 0 Å². The van der Waals surface area contributed by atoms with Crippen LogP contribution in [-0.2, 0) is 6.18 Å². The first-order valence-electron chi connectivity index (χ1n) is 18.6. The Labute approximate surface area is 338 Å². The van der Waals surface area contributed by atoms with Gasteiger partial charge in [-0.2, -0.15) is 18.3 Å². The molecule has 8 aromatic rings. The Morgan fingerprint density at radius 2 is 1.12 bits per heavy atom. The number of alkyl halides is 3. The average molecular weight is 785 g/mol. The Morgan fingerprint density at radius 3 is 1.69 bits per heavy atom. The van der Waals surface area contributed by atoms with Crippen LogP contribution < -0.4 is 0 Å². The lowest BCUT2D eigenvalue weighted by Gasteiger charge is -2.12. The molecule has 0 bridgehead atoms. The molecule has 290 valence electrons. The lowest BCUT2D eigenvalue weighted by molar-refractivity contribution is -0.141. The molecular formula is C47H35F3N8O. The lowest BCUT2D eigenvalue weighted by atomic mass is 10.0. The summed E-state index contributed by atoms with van der Waals surface area (Å²) in [5, 5.41) is 7.90. The molecule has 9 nitrogen and oxygen atoms in total. The third-order valence-corrected chi connectivity index (χ3v) is 9.39. The van der Waals surface area contributed by atoms with Gasteiger partial charge in [-0.1, -0.05) is 84.4 Å². The van der Waals surface area contributed by atoms with Crippen molar-refractivity contribution in [3.05, 3.63) is 174 Å². The molecule has 1 aliphatic rings. The van der Waals surface area contributed by atoms with Gasteiger partial charge in [-0.3, -0.25) is 4.98 Å². The summed E-state index contributed by atoms with van der Waals surface area (Å²) in [4.78, 5) is 26.0. The van der Waals surface area contributed by atoms with Crippen molar-refractivity contribution in [2.75, 3.05) is 6.67 Å². The summed E-state index contributed by atoms with van der Waals surface area (Å²) < 4.78 is 46.1. The fraction of sp³-hybridized carbons (Fsp3) is 0.106. The first kappa shape index (κ1) is 38.4. The molecule has 0 fully saturated rings. The maximum Gasteiger partial charge on any atom is 0.433 e. The molecule has 9 rings (SSSR count). The van der Waals surface area contributed by atoms with Crippen molar-refractivity contribution >= 4 is 5.84 Å². The van der Waals surface area contributed by atoms with E-state index in [0.717, 1.165) is 62.4 Å². The third kappa shape index (κ3) is 9.07. The fourth-order valence-corrected chi connectivity index (χ4v) is 6.46. The van der Waals surface area contributed by atoms with Crippen LogP contribution >= 0.6 is 0 Å². The van der Waals surface area contributed by atoms with E-state index in [9.17, 15) is 13.2 Å². The van der Waals surface area contributed by atoms with Gasteiger partial charge < -0.3 is 4.42 Å². The zero-order chi connectivity index (χ0) is 40.9. The van der Waals surface area contributed by atoms with Gasteiger partial charge in [0.15, 0.2) is 24.2 Å². The van der Waals surface area contributed by atoms with E-state index < -0.39 is 11.9 Å². The van der Waals surface area contributed by atoms with Crippen LogP contribution in [0.2, 0.25) is 0 Å². The van der Waals surface area contributed by atoms with Gasteiger partial charge in [0.25, 0.3) is 0 Å². The van der Waals surface area contributed by atoms with Gasteiger partial charge in [0.1, 0.15) is 5.69 Å². The Bertz CT molecular complexity index is 2830. The Hall–Kier alpha value is -7.47. The Balaban J connectivity index is 0.000000172. The maximum atomic E-state index is 13.6. The summed E-state index contributed by atoms with van der Waals surface area (Å²) in [5.74, 6) is 1.26. The molecule has 0 saturated carbocycles. The largest absolute Gasteiger partial charge is 0.472 e. The molecule has 0 atom stereocenters. The number of rotatable bonds is 7. The van der Waals surface area contributed by atoms with Gasteiger partial charge >= 0.3 is 6.18 Å². The van der Waals surface area contributed by atoms with Crippen LogP contribution in [0.1, 0.15) is 28.2 Å². The number of aliphatic imine (C=N–C) groups is 1. The number of halogens is 3. The van der Waals surface area contributed by atoms with Gasteiger partial charge in [-0.05, 0) is 91.6 Å². The third-order valence-electron chi connectivity index (χ3n) is 9.39. The lowest BCUT2D eigenvalue weighted by Crippen LogP contribution is -2.10. The maximum absolute atomic E-state index is 13.6. The highest BCUT2D eigenvalue weighted by atomic mass is 19.4. The second-order valence-electron chi connectivity index (χ2n) is 13.9. The van der Waals surface area contributed by atoms with Gasteiger partial charge in [0.2, 0.25) is 0 Å². The highest BCUT2D eigenvalue weighted by Gasteiger charge is 2.34. The first-order chi connectivity index (χ1) is 28.6. The van der Waals surface area contributed by atoms with E-state index >= 15 is 0 Å². The molecule has 12 heteroatoms. The first-order valence-corrected chi connectivity index (χ1v) is 18.6. The second kappa shape index (κ2) is 16.6. The quantitative estimate of drug-likeness (QED) is 0.159. The minimum absolute atomic E-state index is 0.0163. The van der Waals surface area contributed by atoms with Crippen LogP contribution in [0, 0.1) is 20.8 Å². The predicted molar refractivity (Wildman–Crippen MR) is 222 cm³/mol. The van der Waals surface area contributed by atoms with Crippen LogP contribution in [0.3, 0.4) is 0 Å². The van der Waals surface area contributed by atoms with E-state index in [1.807, 2.05) is 55.5 Å². The zero-order valence-electron chi connectivity index (χ0n) is 32.2. The summed E-state index contributed by atoms with van der Waals surface area (Å²) in [5.41, 5.74) is 10.7. The second-order valence-corrected chi connectivity index (χ2v) is 13.9. The molecule has 1 aliphatic heterocycles. The van der Waals surface area contributed by atoms with Crippen molar-refractivity contribution in [1.82, 2.24) is 24.9 Å². The number of benzene rings is 4. The van der Waals surface area contributed by atoms with Crippen LogP contribution in [0.25, 0.3) is 67.5 Å². The molecule has 0 spiro atoms. The van der Waals surface area contributed by atoms with Crippen molar-refractivity contribution < 1.29 is 17.6 Å². The van der Waals surface area contributed by atoms with E-state index in [4.69, 9.17) is 9.40 Å². The van der Waals surface area contributed by atoms with Crippen molar-refractivity contribution in [3.8, 4) is 67.5 Å². The van der Waals surface area contributed by atoms with Crippen LogP contribution in [-0.4, -0.2) is 37.4 Å². The Kier molecular flexibility index (Phi) is 10.8. The minimum Gasteiger partial charge on any atom is -0.472 e. The fourth-order valence-electron chi connectivity index (χ4n) is 6.46. The van der Waals surface area contributed by atoms with Gasteiger partial charge in [0.05, 0.1) is 23.9 Å². The van der Waals surface area contributed by atoms with E-state index in [2.05, 4.69) is 84.5 Å². The standard InChI is InChI=1S/C25H17F3N6.C22H18N2O/c1-15-8-9-20(13-29-15)21-12-22(25(26,27)28)33-24(32-21)19-7-3-5-17(11-19)16-4-2-6-18(10-16)23-30-14-31-34-23;1-15-5-3-6-17(11-15)18-7-4-8-19(13-18)22-23-16(2)12-21(24-22)20-9-10-25-14-20/h2-13H,14H2,1H3;3-14H,1-2H3. The molecular weight excluding hydrogens is 750 g/mol. The summed E-state index contributed by atoms with van der Waals surface area (Å²) in [6, 6.07) is 39.8. The summed E-state index contributed by atoms with van der Waals surface area (Å²) in [6.07, 6.45) is 0.249. The molecule has 0 saturated heterocycles. The number of hydrogen-bond donors (Lipinski definition) is 0. The van der Waals surface area contributed by atoms with E-state index in [0.29, 0.717) is 23.6 Å². The number of pyridine rings is 1. The number of aryl methyl sites for hydroxylation is 3. The molecule has 4 aromatic heterocycles. The summed E-state index contributed by atoms with van der Waals surface area (Å²) in [6.45, 7) is 6.20. The van der Waals surface area contributed by atoms with Crippen LogP contribution in [0.15, 0.2) is 166 Å². The molecule has 0 amide bonds. The van der Waals surface area contributed by atoms with E-state index in [1.165, 1.54) is 17.3 Å². The number of aromatic nitrogens is 5. The number of furan rings is 1. The normalized spacial score (nSPS) is 12.2. The van der Waals surface area contributed by atoms with Crippen molar-refractivity contribution in [3.63, 3.8) is 0 Å². The monoisotopic (exact) mass is 784 g/mol. The zero-order valence-corrected chi connectivity index (χ0v) is 32.2. The van der Waals surface area contributed by atoms with Crippen molar-refractivity contribution in [2.24, 2.45) is 15.2 Å². The number of hydrogen-bond acceptors (Lipinski definition) is 9. The van der Waals surface area contributed by atoms with Gasteiger partial charge in [-0.15, -0.1) is 5.11 Å². The van der Waals surface area contributed by atoms with Crippen LogP contribution in [0.4, 0.5) is 13.2 Å². The molecule has 0 N–H and O–H groups in total. The van der Waals surface area contributed by atoms with E-state index in [1.54, 1.807) is 49.8 Å². The smallest absolute Gasteiger partial charge is 0.433 e. The van der Waals surface area contributed by atoms with Gasteiger partial charge in [0, 0.05) is 45.4 Å². The molecule has 0 aliphatic carbocycles. The predicted octanol–water partition coefficient (Wildman–Crippen LogP) is 12.1. The molecule has 0 unspecified atom stereocenters. The SMILES string of the molecule is Cc1ccc(-c2cc(C(F)(F)F)nc(-c3cccc(-c4cccc(C5=NCN=N5)c4)c3)n2)cn1.Cc1cccc(-c2cccc(-c3nc(C)cc(-c4ccoc4)n3)c2)c1. The molecule has 5 heterocycles. The number of azo groups is 1. The van der Waals surface area contributed by atoms with Crippen molar-refractivity contribution in [2.45, 2.75) is 26.9 Å². The van der Waals surface area contributed by atoms with Gasteiger partial charge in [-0.25, -0.2) is 24.9 Å².